The summed E-state index contributed by atoms with van der Waals surface area (Å²) >= 11 is 6.03. The molecule has 1 amide bonds. The highest BCUT2D eigenvalue weighted by atomic mass is 35.5. The molecule has 0 saturated heterocycles. The van der Waals surface area contributed by atoms with E-state index in [9.17, 15) is 20.0 Å². The van der Waals surface area contributed by atoms with Gasteiger partial charge in [0.1, 0.15) is 23.6 Å². The van der Waals surface area contributed by atoms with E-state index in [1.807, 2.05) is 6.07 Å². The third-order valence-electron chi connectivity index (χ3n) is 5.64. The van der Waals surface area contributed by atoms with Crippen LogP contribution in [0.3, 0.4) is 0 Å². The highest BCUT2D eigenvalue weighted by molar-refractivity contribution is 6.30. The zero-order valence-electron chi connectivity index (χ0n) is 16.3. The van der Waals surface area contributed by atoms with Gasteiger partial charge in [-0.1, -0.05) is 41.9 Å². The van der Waals surface area contributed by atoms with Gasteiger partial charge in [0.2, 0.25) is 17.7 Å². The molecule has 0 fully saturated rings. The first-order valence-electron chi connectivity index (χ1n) is 9.45. The summed E-state index contributed by atoms with van der Waals surface area (Å²) in [4.78, 5) is 26.7. The van der Waals surface area contributed by atoms with Crippen LogP contribution in [0.1, 0.15) is 11.1 Å². The van der Waals surface area contributed by atoms with Gasteiger partial charge < -0.3 is 15.6 Å². The van der Waals surface area contributed by atoms with Crippen LogP contribution in [0.4, 0.5) is 5.69 Å². The van der Waals surface area contributed by atoms with Gasteiger partial charge in [0.15, 0.2) is 0 Å². The number of hydrogen-bond acceptors (Lipinski definition) is 6. The maximum Gasteiger partial charge on any atom is 0.323 e. The number of amides is 1. The molecule has 4 N–H and O–H groups in total. The summed E-state index contributed by atoms with van der Waals surface area (Å²) in [6, 6.07) is 15.5. The number of nitrogens with one attached hydrogen (secondary N) is 1. The summed E-state index contributed by atoms with van der Waals surface area (Å²) in [5.74, 6) is -2.05. The first-order valence-corrected chi connectivity index (χ1v) is 9.83. The smallest absolute Gasteiger partial charge is 0.323 e. The van der Waals surface area contributed by atoms with Crippen molar-refractivity contribution in [3.05, 3.63) is 76.1 Å². The molecular weight excluding hydrogens is 434 g/mol. The van der Waals surface area contributed by atoms with Crippen molar-refractivity contribution in [3.8, 4) is 23.2 Å². The van der Waals surface area contributed by atoms with Crippen LogP contribution in [-0.2, 0) is 15.0 Å². The molecule has 0 saturated carbocycles. The van der Waals surface area contributed by atoms with Gasteiger partial charge in [-0.25, -0.2) is 0 Å². The zero-order valence-corrected chi connectivity index (χ0v) is 17.1. The summed E-state index contributed by atoms with van der Waals surface area (Å²) in [5, 5.41) is 27.1. The summed E-state index contributed by atoms with van der Waals surface area (Å²) in [6.45, 7) is -0.583. The van der Waals surface area contributed by atoms with Crippen LogP contribution in [-0.4, -0.2) is 33.7 Å². The molecule has 9 nitrogen and oxygen atoms in total. The molecule has 1 atom stereocenters. The van der Waals surface area contributed by atoms with Crippen LogP contribution >= 0.6 is 11.6 Å². The van der Waals surface area contributed by atoms with Gasteiger partial charge in [-0.15, -0.1) is 5.10 Å². The van der Waals surface area contributed by atoms with Gasteiger partial charge in [-0.2, -0.15) is 5.26 Å². The zero-order chi connectivity index (χ0) is 22.6. The number of nitrogens with two attached hydrogens (primary N) is 1. The number of carbonyl (C=O) groups excluding carboxylic acids is 1. The molecule has 2 aromatic carbocycles. The number of halogens is 1. The Morgan fingerprint density at radius 1 is 1.28 bits per heavy atom. The monoisotopic (exact) mass is 447 g/mol. The van der Waals surface area contributed by atoms with E-state index in [0.29, 0.717) is 27.5 Å². The number of hydrogen-bond donors (Lipinski definition) is 3. The van der Waals surface area contributed by atoms with Crippen molar-refractivity contribution in [1.82, 2.24) is 10.2 Å². The lowest BCUT2D eigenvalue weighted by atomic mass is 9.68. The molecule has 1 unspecified atom stereocenters. The second kappa shape index (κ2) is 6.87. The second-order valence-electron chi connectivity index (χ2n) is 7.29. The third-order valence-corrected chi connectivity index (χ3v) is 5.89. The van der Waals surface area contributed by atoms with E-state index in [2.05, 4.69) is 10.2 Å². The predicted octanol–water partition coefficient (Wildman–Crippen LogP) is 2.53. The van der Waals surface area contributed by atoms with Gasteiger partial charge in [0, 0.05) is 21.8 Å². The standard InChI is InChI=1S/C22H14ClN5O4/c23-12-7-5-11(6-8-12)18-17-20(27-26-18)32-19(25)14(9-24)22(17)13-3-1-2-4-15(13)28(21(22)31)10-16(29)30/h1-8H,10,25H2,(H,26,27)(H,29,30). The lowest BCUT2D eigenvalue weighted by Crippen LogP contribution is -2.47. The van der Waals surface area contributed by atoms with Crippen molar-refractivity contribution in [1.29, 1.82) is 5.26 Å². The van der Waals surface area contributed by atoms with Gasteiger partial charge in [0.05, 0.1) is 11.3 Å². The van der Waals surface area contributed by atoms with Crippen molar-refractivity contribution < 1.29 is 19.4 Å². The maximum absolute atomic E-state index is 14.0. The average Bonchev–Trinajstić information content (AvgIpc) is 3.29. The Balaban J connectivity index is 1.87. The molecule has 0 aliphatic carbocycles. The minimum Gasteiger partial charge on any atom is -0.480 e. The summed E-state index contributed by atoms with van der Waals surface area (Å²) < 4.78 is 5.61. The number of H-pyrrole nitrogens is 1. The molecule has 2 aliphatic rings. The summed E-state index contributed by atoms with van der Waals surface area (Å²) in [7, 11) is 0. The molecule has 3 heterocycles. The molecule has 1 spiro atoms. The Bertz CT molecular complexity index is 1370. The molecule has 0 radical (unpaired) electrons. The van der Waals surface area contributed by atoms with E-state index >= 15 is 0 Å². The predicted molar refractivity (Wildman–Crippen MR) is 114 cm³/mol. The lowest BCUT2D eigenvalue weighted by Gasteiger charge is -2.32. The summed E-state index contributed by atoms with van der Waals surface area (Å²) in [6.07, 6.45) is 0. The Labute approximate surface area is 186 Å². The number of aliphatic carboxylic acids is 1. The van der Waals surface area contributed by atoms with Crippen molar-refractivity contribution >= 4 is 29.2 Å². The number of carbonyl (C=O) groups is 2. The van der Waals surface area contributed by atoms with E-state index in [1.54, 1.807) is 48.5 Å². The molecule has 3 aromatic rings. The number of aromatic amines is 1. The molecule has 0 bridgehead atoms. The van der Waals surface area contributed by atoms with Crippen molar-refractivity contribution in [2.24, 2.45) is 5.73 Å². The average molecular weight is 448 g/mol. The van der Waals surface area contributed by atoms with E-state index in [4.69, 9.17) is 22.1 Å². The highest BCUT2D eigenvalue weighted by Crippen LogP contribution is 2.56. The number of rotatable bonds is 3. The number of fused-ring (bicyclic) bond motifs is 4. The van der Waals surface area contributed by atoms with Gasteiger partial charge in [-0.3, -0.25) is 19.6 Å². The number of nitrogens with zero attached hydrogens (tertiary/aromatic N) is 3. The van der Waals surface area contributed by atoms with Crippen LogP contribution in [0.5, 0.6) is 5.88 Å². The van der Waals surface area contributed by atoms with Crippen LogP contribution in [0, 0.1) is 11.3 Å². The molecule has 10 heteroatoms. The van der Waals surface area contributed by atoms with Crippen molar-refractivity contribution in [3.63, 3.8) is 0 Å². The number of carboxylic acid groups (broad SMARTS) is 1. The lowest BCUT2D eigenvalue weighted by molar-refractivity contribution is -0.136. The Morgan fingerprint density at radius 3 is 2.69 bits per heavy atom. The number of aromatic nitrogens is 2. The number of anilines is 1. The summed E-state index contributed by atoms with van der Waals surface area (Å²) in [5.41, 5.74) is 6.37. The van der Waals surface area contributed by atoms with E-state index in [0.717, 1.165) is 4.90 Å². The molecule has 32 heavy (non-hydrogen) atoms. The fourth-order valence-corrected chi connectivity index (χ4v) is 4.53. The number of ether oxygens (including phenoxy) is 1. The number of nitriles is 1. The van der Waals surface area contributed by atoms with Crippen molar-refractivity contribution in [2.75, 3.05) is 11.4 Å². The number of benzene rings is 2. The largest absolute Gasteiger partial charge is 0.480 e. The normalized spacial score (nSPS) is 18.9. The molecule has 158 valence electrons. The topological polar surface area (TPSA) is 145 Å². The van der Waals surface area contributed by atoms with E-state index in [1.165, 1.54) is 0 Å². The second-order valence-corrected chi connectivity index (χ2v) is 7.73. The Kier molecular flexibility index (Phi) is 4.22. The van der Waals surface area contributed by atoms with Crippen LogP contribution < -0.4 is 15.4 Å². The minimum absolute atomic E-state index is 0.0341. The molecule has 2 aliphatic heterocycles. The van der Waals surface area contributed by atoms with Crippen molar-refractivity contribution in [2.45, 2.75) is 5.41 Å². The van der Waals surface area contributed by atoms with Gasteiger partial charge in [0.25, 0.3) is 0 Å². The number of carboxylic acids is 1. The van der Waals surface area contributed by atoms with Crippen LogP contribution in [0.2, 0.25) is 5.02 Å². The molecule has 5 rings (SSSR count). The van der Waals surface area contributed by atoms with Crippen LogP contribution in [0.15, 0.2) is 60.0 Å². The highest BCUT2D eigenvalue weighted by Gasteiger charge is 2.61. The van der Waals surface area contributed by atoms with Crippen LogP contribution in [0.25, 0.3) is 11.3 Å². The SMILES string of the molecule is N#CC1=C(N)Oc2n[nH]c(-c3ccc(Cl)cc3)c2C12C(=O)N(CC(=O)O)c1ccccc12. The first-order chi connectivity index (χ1) is 15.4. The minimum atomic E-state index is -1.72. The van der Waals surface area contributed by atoms with E-state index in [-0.39, 0.29) is 22.9 Å². The maximum atomic E-state index is 14.0. The Morgan fingerprint density at radius 2 is 2.00 bits per heavy atom. The first kappa shape index (κ1) is 19.7. The quantitative estimate of drug-likeness (QED) is 0.559. The van der Waals surface area contributed by atoms with Gasteiger partial charge >= 0.3 is 5.97 Å². The molecular formula is C22H14ClN5O4. The fourth-order valence-electron chi connectivity index (χ4n) is 4.41. The van der Waals surface area contributed by atoms with Gasteiger partial charge in [-0.05, 0) is 18.2 Å². The number of para-hydroxylation sites is 1. The fraction of sp³-hybridized carbons (Fsp3) is 0.0909. The third kappa shape index (κ3) is 2.47. The molecule has 1 aromatic heterocycles. The van der Waals surface area contributed by atoms with E-state index < -0.39 is 23.8 Å². The Hall–Kier alpha value is -4.29.